The Morgan fingerprint density at radius 1 is 0.950 bits per heavy atom. The molecule has 0 aliphatic carbocycles. The third-order valence-electron chi connectivity index (χ3n) is 2.68. The summed E-state index contributed by atoms with van der Waals surface area (Å²) in [5.74, 6) is -0.0396. The van der Waals surface area contributed by atoms with Crippen molar-refractivity contribution in [2.24, 2.45) is 0 Å². The molecular formula is C15H14O5. The lowest BCUT2D eigenvalue weighted by Gasteiger charge is -2.11. The summed E-state index contributed by atoms with van der Waals surface area (Å²) in [4.78, 5) is 11.9. The van der Waals surface area contributed by atoms with Gasteiger partial charge in [-0.25, -0.2) is 4.79 Å². The first kappa shape index (κ1) is 13.7. The van der Waals surface area contributed by atoms with Crippen molar-refractivity contribution in [3.8, 4) is 23.0 Å². The number of benzene rings is 2. The van der Waals surface area contributed by atoms with Crippen LogP contribution < -0.4 is 14.2 Å². The Morgan fingerprint density at radius 2 is 1.55 bits per heavy atom. The first-order valence-corrected chi connectivity index (χ1v) is 5.88. The largest absolute Gasteiger partial charge is 0.504 e. The van der Waals surface area contributed by atoms with Gasteiger partial charge in [0.2, 0.25) is 0 Å². The fourth-order valence-electron chi connectivity index (χ4n) is 1.66. The fourth-order valence-corrected chi connectivity index (χ4v) is 1.66. The molecule has 0 aliphatic rings. The molecule has 0 unspecified atom stereocenters. The number of methoxy groups -OCH3 is 2. The molecule has 0 bridgehead atoms. The zero-order valence-corrected chi connectivity index (χ0v) is 11.1. The van der Waals surface area contributed by atoms with E-state index in [1.165, 1.54) is 26.4 Å². The van der Waals surface area contributed by atoms with Crippen LogP contribution in [-0.4, -0.2) is 25.3 Å². The smallest absolute Gasteiger partial charge is 0.343 e. The van der Waals surface area contributed by atoms with Crippen LogP contribution in [0.15, 0.2) is 42.5 Å². The van der Waals surface area contributed by atoms with Crippen LogP contribution in [0.3, 0.4) is 0 Å². The maximum Gasteiger partial charge on any atom is 0.343 e. The molecule has 1 N–H and O–H groups in total. The van der Waals surface area contributed by atoms with Crippen LogP contribution in [0.5, 0.6) is 23.0 Å². The Balaban J connectivity index is 2.28. The molecule has 20 heavy (non-hydrogen) atoms. The van der Waals surface area contributed by atoms with Crippen molar-refractivity contribution in [1.29, 1.82) is 0 Å². The van der Waals surface area contributed by atoms with E-state index in [0.29, 0.717) is 17.1 Å². The first-order valence-electron chi connectivity index (χ1n) is 5.88. The highest BCUT2D eigenvalue weighted by Gasteiger charge is 2.15. The number of esters is 1. The van der Waals surface area contributed by atoms with Gasteiger partial charge in [-0.05, 0) is 12.1 Å². The van der Waals surface area contributed by atoms with E-state index in [9.17, 15) is 9.90 Å². The van der Waals surface area contributed by atoms with E-state index in [-0.39, 0.29) is 11.5 Å². The van der Waals surface area contributed by atoms with Gasteiger partial charge < -0.3 is 19.3 Å². The topological polar surface area (TPSA) is 65.0 Å². The molecular weight excluding hydrogens is 260 g/mol. The normalized spacial score (nSPS) is 9.90. The van der Waals surface area contributed by atoms with Crippen LogP contribution in [0.25, 0.3) is 0 Å². The number of aromatic hydroxyl groups is 1. The van der Waals surface area contributed by atoms with E-state index in [1.807, 2.05) is 0 Å². The summed E-state index contributed by atoms with van der Waals surface area (Å²) in [6.45, 7) is 0. The average Bonchev–Trinajstić information content (AvgIpc) is 2.49. The quantitative estimate of drug-likeness (QED) is 0.685. The molecule has 2 aromatic rings. The van der Waals surface area contributed by atoms with Crippen molar-refractivity contribution in [2.45, 2.75) is 0 Å². The van der Waals surface area contributed by atoms with Crippen LogP contribution in [-0.2, 0) is 0 Å². The second-order valence-electron chi connectivity index (χ2n) is 3.93. The number of carbonyl (C=O) groups is 1. The Bertz CT molecular complexity index is 607. The molecule has 2 aromatic carbocycles. The molecule has 2 rings (SSSR count). The predicted molar refractivity (Wildman–Crippen MR) is 72.6 cm³/mol. The van der Waals surface area contributed by atoms with E-state index in [0.717, 1.165) is 0 Å². The molecule has 0 aromatic heterocycles. The first-order chi connectivity index (χ1) is 9.65. The van der Waals surface area contributed by atoms with Gasteiger partial charge in [-0.2, -0.15) is 0 Å². The highest BCUT2D eigenvalue weighted by molar-refractivity contribution is 5.91. The van der Waals surface area contributed by atoms with E-state index >= 15 is 0 Å². The Hall–Kier alpha value is -2.69. The van der Waals surface area contributed by atoms with Crippen LogP contribution in [0, 0.1) is 0 Å². The summed E-state index contributed by atoms with van der Waals surface area (Å²) < 4.78 is 15.3. The maximum atomic E-state index is 11.9. The summed E-state index contributed by atoms with van der Waals surface area (Å²) >= 11 is 0. The summed E-state index contributed by atoms with van der Waals surface area (Å²) in [6, 6.07) is 11.2. The van der Waals surface area contributed by atoms with Crippen molar-refractivity contribution >= 4 is 5.97 Å². The number of rotatable bonds is 4. The van der Waals surface area contributed by atoms with Gasteiger partial charge in [0.05, 0.1) is 19.8 Å². The van der Waals surface area contributed by atoms with Gasteiger partial charge in [0.1, 0.15) is 0 Å². The van der Waals surface area contributed by atoms with Gasteiger partial charge >= 0.3 is 5.97 Å². The summed E-state index contributed by atoms with van der Waals surface area (Å²) in [5, 5.41) is 9.83. The number of phenols is 1. The molecule has 104 valence electrons. The van der Waals surface area contributed by atoms with Crippen molar-refractivity contribution in [3.63, 3.8) is 0 Å². The van der Waals surface area contributed by atoms with Crippen LogP contribution in [0.1, 0.15) is 10.4 Å². The number of phenolic OH excluding ortho intramolecular Hbond substituents is 1. The Morgan fingerprint density at radius 3 is 2.15 bits per heavy atom. The lowest BCUT2D eigenvalue weighted by atomic mass is 10.2. The molecule has 0 radical (unpaired) electrons. The van der Waals surface area contributed by atoms with E-state index in [1.54, 1.807) is 30.3 Å². The zero-order chi connectivity index (χ0) is 14.5. The lowest BCUT2D eigenvalue weighted by molar-refractivity contribution is 0.0729. The molecule has 0 saturated carbocycles. The highest BCUT2D eigenvalue weighted by Crippen LogP contribution is 2.38. The lowest BCUT2D eigenvalue weighted by Crippen LogP contribution is -2.08. The van der Waals surface area contributed by atoms with Gasteiger partial charge in [-0.1, -0.05) is 18.2 Å². The molecule has 0 amide bonds. The van der Waals surface area contributed by atoms with E-state index in [4.69, 9.17) is 14.2 Å². The SMILES string of the molecule is COc1cc(O)c(OC(=O)c2ccccc2)cc1OC. The second kappa shape index (κ2) is 5.97. The third kappa shape index (κ3) is 2.83. The Labute approximate surface area is 116 Å². The fraction of sp³-hybridized carbons (Fsp3) is 0.133. The standard InChI is InChI=1S/C15H14O5/c1-18-13-8-11(16)12(9-14(13)19-2)20-15(17)10-6-4-3-5-7-10/h3-9,16H,1-2H3. The number of hydrogen-bond acceptors (Lipinski definition) is 5. The molecule has 0 aliphatic heterocycles. The van der Waals surface area contributed by atoms with Crippen molar-refractivity contribution in [3.05, 3.63) is 48.0 Å². The zero-order valence-electron chi connectivity index (χ0n) is 11.1. The highest BCUT2D eigenvalue weighted by atomic mass is 16.5. The number of hydrogen-bond donors (Lipinski definition) is 1. The van der Waals surface area contributed by atoms with Crippen molar-refractivity contribution in [2.75, 3.05) is 14.2 Å². The summed E-state index contributed by atoms with van der Waals surface area (Å²) in [7, 11) is 2.91. The van der Waals surface area contributed by atoms with Crippen LogP contribution in [0.4, 0.5) is 0 Å². The monoisotopic (exact) mass is 274 g/mol. The maximum absolute atomic E-state index is 11.9. The van der Waals surface area contributed by atoms with Crippen molar-refractivity contribution in [1.82, 2.24) is 0 Å². The number of carbonyl (C=O) groups excluding carboxylic acids is 1. The van der Waals surface area contributed by atoms with Crippen LogP contribution >= 0.6 is 0 Å². The van der Waals surface area contributed by atoms with Gasteiger partial charge in [0.25, 0.3) is 0 Å². The van der Waals surface area contributed by atoms with Crippen molar-refractivity contribution < 1.29 is 24.1 Å². The minimum Gasteiger partial charge on any atom is -0.504 e. The average molecular weight is 274 g/mol. The summed E-state index contributed by atoms with van der Waals surface area (Å²) in [5.41, 5.74) is 0.390. The van der Waals surface area contributed by atoms with Gasteiger partial charge in [-0.3, -0.25) is 0 Å². The molecule has 0 saturated heterocycles. The summed E-state index contributed by atoms with van der Waals surface area (Å²) in [6.07, 6.45) is 0. The second-order valence-corrected chi connectivity index (χ2v) is 3.93. The van der Waals surface area contributed by atoms with Gasteiger partial charge in [-0.15, -0.1) is 0 Å². The van der Waals surface area contributed by atoms with Crippen LogP contribution in [0.2, 0.25) is 0 Å². The minimum absolute atomic E-state index is 0.0107. The molecule has 0 atom stereocenters. The molecule has 0 fully saturated rings. The number of ether oxygens (including phenoxy) is 3. The minimum atomic E-state index is -0.562. The van der Waals surface area contributed by atoms with E-state index < -0.39 is 5.97 Å². The Kier molecular flexibility index (Phi) is 4.10. The van der Waals surface area contributed by atoms with E-state index in [2.05, 4.69) is 0 Å². The molecule has 5 heteroatoms. The third-order valence-corrected chi connectivity index (χ3v) is 2.68. The molecule has 5 nitrogen and oxygen atoms in total. The molecule has 0 spiro atoms. The predicted octanol–water partition coefficient (Wildman–Crippen LogP) is 2.63. The van der Waals surface area contributed by atoms with Gasteiger partial charge in [0.15, 0.2) is 23.0 Å². The van der Waals surface area contributed by atoms with Gasteiger partial charge in [0, 0.05) is 12.1 Å². The molecule has 0 heterocycles.